The van der Waals surface area contributed by atoms with Crippen LogP contribution < -0.4 is 10.9 Å². The number of halogens is 8. The molecule has 5 nitrogen and oxygen atoms in total. The molecule has 1 amide bonds. The lowest BCUT2D eigenvalue weighted by molar-refractivity contribution is -0.153. The first-order valence-corrected chi connectivity index (χ1v) is 10.4. The fourth-order valence-electron chi connectivity index (χ4n) is 3.38. The maximum Gasteiger partial charge on any atom is 0.416 e. The minimum atomic E-state index is -4.95. The Kier molecular flexibility index (Phi) is 7.40. The molecule has 0 aliphatic carbocycles. The van der Waals surface area contributed by atoms with E-state index in [0.717, 1.165) is 7.05 Å². The third-order valence-electron chi connectivity index (χ3n) is 5.22. The van der Waals surface area contributed by atoms with Crippen molar-refractivity contribution >= 4 is 17.5 Å². The van der Waals surface area contributed by atoms with Gasteiger partial charge in [0.05, 0.1) is 16.8 Å². The highest BCUT2D eigenvalue weighted by Crippen LogP contribution is 2.34. The van der Waals surface area contributed by atoms with Crippen LogP contribution in [0.2, 0.25) is 5.02 Å². The molecule has 0 aliphatic heterocycles. The van der Waals surface area contributed by atoms with Crippen molar-refractivity contribution in [2.24, 2.45) is 7.05 Å². The smallest absolute Gasteiger partial charge is 0.416 e. The number of carbonyl (C=O) groups is 1. The van der Waals surface area contributed by atoms with Gasteiger partial charge < -0.3 is 15.0 Å². The van der Waals surface area contributed by atoms with E-state index in [9.17, 15) is 45.4 Å². The van der Waals surface area contributed by atoms with Crippen LogP contribution >= 0.6 is 11.6 Å². The van der Waals surface area contributed by atoms with Crippen LogP contribution in [0.25, 0.3) is 11.3 Å². The monoisotopic (exact) mass is 536 g/mol. The molecule has 36 heavy (non-hydrogen) atoms. The van der Waals surface area contributed by atoms with Crippen LogP contribution in [-0.4, -0.2) is 27.8 Å². The predicted octanol–water partition coefficient (Wildman–Crippen LogP) is 5.47. The van der Waals surface area contributed by atoms with Crippen LogP contribution in [-0.2, 0) is 19.6 Å². The highest BCUT2D eigenvalue weighted by molar-refractivity contribution is 6.30. The van der Waals surface area contributed by atoms with Gasteiger partial charge in [-0.3, -0.25) is 9.59 Å². The fourth-order valence-corrected chi connectivity index (χ4v) is 3.50. The maximum atomic E-state index is 13.9. The van der Waals surface area contributed by atoms with Crippen LogP contribution in [0, 0.1) is 5.82 Å². The molecule has 0 spiro atoms. The summed E-state index contributed by atoms with van der Waals surface area (Å²) >= 11 is 5.72. The molecule has 3 aromatic rings. The number of hydrogen-bond donors (Lipinski definition) is 2. The Morgan fingerprint density at radius 2 is 1.67 bits per heavy atom. The van der Waals surface area contributed by atoms with E-state index >= 15 is 0 Å². The van der Waals surface area contributed by atoms with Gasteiger partial charge in [-0.2, -0.15) is 26.3 Å². The Morgan fingerprint density at radius 1 is 1.06 bits per heavy atom. The van der Waals surface area contributed by atoms with Crippen molar-refractivity contribution in [2.45, 2.75) is 24.8 Å². The van der Waals surface area contributed by atoms with Crippen LogP contribution in [0.3, 0.4) is 0 Å². The molecule has 192 valence electrons. The Labute approximate surface area is 203 Å². The van der Waals surface area contributed by atoms with Gasteiger partial charge in [-0.1, -0.05) is 23.7 Å². The van der Waals surface area contributed by atoms with E-state index in [4.69, 9.17) is 11.6 Å². The van der Waals surface area contributed by atoms with E-state index in [2.05, 4.69) is 0 Å². The molecule has 0 fully saturated rings. The Morgan fingerprint density at radius 3 is 2.22 bits per heavy atom. The number of alkyl halides is 6. The molecular weight excluding hydrogens is 521 g/mol. The van der Waals surface area contributed by atoms with E-state index in [-0.39, 0.29) is 16.7 Å². The number of benzene rings is 2. The number of rotatable bonds is 5. The summed E-state index contributed by atoms with van der Waals surface area (Å²) < 4.78 is 94.8. The van der Waals surface area contributed by atoms with E-state index < -0.39 is 70.2 Å². The van der Waals surface area contributed by atoms with Gasteiger partial charge in [0.25, 0.3) is 11.5 Å². The molecule has 0 bridgehead atoms. The van der Waals surface area contributed by atoms with Crippen molar-refractivity contribution in [3.05, 3.63) is 86.4 Å². The second-order valence-electron chi connectivity index (χ2n) is 7.78. The van der Waals surface area contributed by atoms with Crippen LogP contribution in [0.1, 0.15) is 21.5 Å². The first-order chi connectivity index (χ1) is 16.6. The molecular formula is C23H16ClF7N2O3. The fraction of sp³-hybridized carbons (Fsp3) is 0.217. The molecule has 2 N–H and O–H groups in total. The molecule has 0 aliphatic rings. The lowest BCUT2D eigenvalue weighted by atomic mass is 10.0. The average molecular weight is 537 g/mol. The zero-order valence-corrected chi connectivity index (χ0v) is 18.9. The van der Waals surface area contributed by atoms with Gasteiger partial charge in [0.1, 0.15) is 11.9 Å². The van der Waals surface area contributed by atoms with E-state index in [1.54, 1.807) is 5.32 Å². The topological polar surface area (TPSA) is 71.3 Å². The number of aromatic nitrogens is 1. The number of nitrogens with zero attached hydrogens (tertiary/aromatic N) is 1. The Hall–Kier alpha value is -3.54. The van der Waals surface area contributed by atoms with Crippen molar-refractivity contribution in [3.8, 4) is 17.0 Å². The van der Waals surface area contributed by atoms with Crippen molar-refractivity contribution in [3.63, 3.8) is 0 Å². The second kappa shape index (κ2) is 9.84. The first kappa shape index (κ1) is 27.1. The zero-order chi connectivity index (χ0) is 27.0. The molecule has 1 atom stereocenters. The summed E-state index contributed by atoms with van der Waals surface area (Å²) in [6.07, 6.45) is -10.6. The molecule has 1 aromatic heterocycles. The summed E-state index contributed by atoms with van der Waals surface area (Å²) in [5.74, 6) is -4.07. The second-order valence-corrected chi connectivity index (χ2v) is 8.22. The van der Waals surface area contributed by atoms with Crippen molar-refractivity contribution in [1.82, 2.24) is 9.88 Å². The van der Waals surface area contributed by atoms with Gasteiger partial charge in [-0.25, -0.2) is 4.39 Å². The first-order valence-electron chi connectivity index (χ1n) is 10.0. The van der Waals surface area contributed by atoms with Crippen molar-refractivity contribution in [2.75, 3.05) is 0 Å². The quantitative estimate of drug-likeness (QED) is 0.425. The third kappa shape index (κ3) is 5.99. The lowest BCUT2D eigenvalue weighted by Crippen LogP contribution is -2.47. The minimum absolute atomic E-state index is 0.162. The largest absolute Gasteiger partial charge is 0.502 e. The molecule has 0 saturated carbocycles. The predicted molar refractivity (Wildman–Crippen MR) is 116 cm³/mol. The van der Waals surface area contributed by atoms with Gasteiger partial charge in [0, 0.05) is 24.1 Å². The van der Waals surface area contributed by atoms with Crippen molar-refractivity contribution < 1.29 is 40.6 Å². The molecule has 2 aromatic carbocycles. The number of aromatic hydroxyl groups is 1. The standard InChI is InChI=1S/C23H16ClF7N2O3/c1-33-17(12-7-13(22(26,27)28)9-15(25)8-12)10-16(19(34)21(33)36)20(35)32-18(23(29,30)31)6-11-2-4-14(24)5-3-11/h2-5,7-10,18,34H,6H2,1H3,(H,32,35). The summed E-state index contributed by atoms with van der Waals surface area (Å²) in [5.41, 5.74) is -4.41. The number of nitrogens with one attached hydrogen (secondary N) is 1. The summed E-state index contributed by atoms with van der Waals surface area (Å²) in [6, 6.07) is 4.91. The summed E-state index contributed by atoms with van der Waals surface area (Å²) in [7, 11) is 1.02. The average Bonchev–Trinajstić information content (AvgIpc) is 2.77. The molecule has 13 heteroatoms. The molecule has 1 unspecified atom stereocenters. The lowest BCUT2D eigenvalue weighted by Gasteiger charge is -2.22. The van der Waals surface area contributed by atoms with Crippen LogP contribution in [0.4, 0.5) is 30.7 Å². The van der Waals surface area contributed by atoms with Gasteiger partial charge >= 0.3 is 12.4 Å². The summed E-state index contributed by atoms with van der Waals surface area (Å²) in [6.45, 7) is 0. The molecule has 3 rings (SSSR count). The SMILES string of the molecule is Cn1c(-c2cc(F)cc(C(F)(F)F)c2)cc(C(=O)NC(Cc2ccc(Cl)cc2)C(F)(F)F)c(O)c1=O. The highest BCUT2D eigenvalue weighted by Gasteiger charge is 2.41. The summed E-state index contributed by atoms with van der Waals surface area (Å²) in [5, 5.41) is 12.1. The van der Waals surface area contributed by atoms with E-state index in [0.29, 0.717) is 22.8 Å². The molecule has 0 radical (unpaired) electrons. The number of amides is 1. The normalized spacial score (nSPS) is 12.9. The highest BCUT2D eigenvalue weighted by atomic mass is 35.5. The number of hydrogen-bond acceptors (Lipinski definition) is 3. The summed E-state index contributed by atoms with van der Waals surface area (Å²) in [4.78, 5) is 25.2. The Bertz CT molecular complexity index is 1350. The van der Waals surface area contributed by atoms with E-state index in [1.165, 1.54) is 24.3 Å². The third-order valence-corrected chi connectivity index (χ3v) is 5.48. The number of pyridine rings is 1. The minimum Gasteiger partial charge on any atom is -0.502 e. The maximum absolute atomic E-state index is 13.9. The van der Waals surface area contributed by atoms with Gasteiger partial charge in [0.15, 0.2) is 5.75 Å². The van der Waals surface area contributed by atoms with Gasteiger partial charge in [0.2, 0.25) is 0 Å². The molecule has 1 heterocycles. The van der Waals surface area contributed by atoms with Gasteiger partial charge in [-0.15, -0.1) is 0 Å². The zero-order valence-electron chi connectivity index (χ0n) is 18.1. The number of carbonyl (C=O) groups excluding carboxylic acids is 1. The molecule has 0 saturated heterocycles. The Balaban J connectivity index is 2.04. The van der Waals surface area contributed by atoms with Gasteiger partial charge in [-0.05, 0) is 42.0 Å². The van der Waals surface area contributed by atoms with E-state index in [1.807, 2.05) is 0 Å². The van der Waals surface area contributed by atoms with Crippen molar-refractivity contribution in [1.29, 1.82) is 0 Å². The van der Waals surface area contributed by atoms with Crippen LogP contribution in [0.15, 0.2) is 53.3 Å². The van der Waals surface area contributed by atoms with Crippen LogP contribution in [0.5, 0.6) is 5.75 Å².